The second kappa shape index (κ2) is 11.4. The minimum atomic E-state index is -0.0419. The van der Waals surface area contributed by atoms with Crippen LogP contribution in [-0.2, 0) is 24.2 Å². The maximum Gasteiger partial charge on any atom is 0.252 e. The zero-order valence-corrected chi connectivity index (χ0v) is 22.0. The number of nitrogens with one attached hydrogen (secondary N) is 1. The Kier molecular flexibility index (Phi) is 7.76. The lowest BCUT2D eigenvalue weighted by atomic mass is 10.0. The van der Waals surface area contributed by atoms with Gasteiger partial charge in [0.05, 0.1) is 24.2 Å². The van der Waals surface area contributed by atoms with E-state index in [9.17, 15) is 4.79 Å². The van der Waals surface area contributed by atoms with Crippen LogP contribution in [0.2, 0.25) is 0 Å². The summed E-state index contributed by atoms with van der Waals surface area (Å²) in [4.78, 5) is 18.8. The normalized spacial score (nSPS) is 16.6. The molecule has 2 aromatic carbocycles. The number of hydrogen-bond acceptors (Lipinski definition) is 6. The molecular weight excluding hydrogens is 464 g/mol. The van der Waals surface area contributed by atoms with Gasteiger partial charge in [-0.25, -0.2) is 4.68 Å². The smallest absolute Gasteiger partial charge is 0.252 e. The quantitative estimate of drug-likeness (QED) is 0.345. The standard InChI is InChI=1S/C29H36N6O2/c1-4-26(28-31-32-33-35(28)19-24-11-8-16-37-24)34(15-14-22-9-6-5-7-10-22)18-23-17-25-20(2)12-13-21(3)27(25)30-29(23)36/h5-7,9-10,12-13,17,24,26H,4,8,11,14-16,18-19H2,1-3H3,(H,30,36)/t24-,26-/m0/s1. The van der Waals surface area contributed by atoms with Crippen molar-refractivity contribution >= 4 is 10.9 Å². The zero-order valence-electron chi connectivity index (χ0n) is 22.0. The third kappa shape index (κ3) is 5.65. The second-order valence-electron chi connectivity index (χ2n) is 10.1. The number of aromatic nitrogens is 5. The minimum absolute atomic E-state index is 0.0335. The summed E-state index contributed by atoms with van der Waals surface area (Å²) < 4.78 is 7.76. The highest BCUT2D eigenvalue weighted by Gasteiger charge is 2.27. The number of aryl methyl sites for hydroxylation is 2. The molecule has 2 atom stereocenters. The van der Waals surface area contributed by atoms with Gasteiger partial charge in [-0.3, -0.25) is 9.69 Å². The van der Waals surface area contributed by atoms with Crippen LogP contribution < -0.4 is 5.56 Å². The molecule has 194 valence electrons. The molecule has 0 unspecified atom stereocenters. The van der Waals surface area contributed by atoms with E-state index in [-0.39, 0.29) is 17.7 Å². The number of aromatic amines is 1. The number of tetrazole rings is 1. The van der Waals surface area contributed by atoms with Gasteiger partial charge in [0.25, 0.3) is 5.56 Å². The molecule has 8 heteroatoms. The summed E-state index contributed by atoms with van der Waals surface area (Å²) in [6.45, 7) is 9.02. The van der Waals surface area contributed by atoms with E-state index in [0.29, 0.717) is 13.1 Å². The zero-order chi connectivity index (χ0) is 25.8. The largest absolute Gasteiger partial charge is 0.376 e. The number of H-pyrrole nitrogens is 1. The van der Waals surface area contributed by atoms with E-state index in [2.05, 4.69) is 81.7 Å². The van der Waals surface area contributed by atoms with Crippen molar-refractivity contribution in [3.63, 3.8) is 0 Å². The summed E-state index contributed by atoms with van der Waals surface area (Å²) in [6, 6.07) is 16.7. The first-order valence-electron chi connectivity index (χ1n) is 13.3. The van der Waals surface area contributed by atoms with Gasteiger partial charge in [0.1, 0.15) is 0 Å². The van der Waals surface area contributed by atoms with Gasteiger partial charge in [0.15, 0.2) is 5.82 Å². The van der Waals surface area contributed by atoms with Crippen LogP contribution in [-0.4, -0.2) is 49.3 Å². The molecule has 0 saturated carbocycles. The number of hydrogen-bond donors (Lipinski definition) is 1. The third-order valence-electron chi connectivity index (χ3n) is 7.51. The maximum atomic E-state index is 13.3. The Balaban J connectivity index is 1.48. The number of nitrogens with zero attached hydrogens (tertiary/aromatic N) is 5. The molecule has 2 aromatic heterocycles. The predicted octanol–water partition coefficient (Wildman–Crippen LogP) is 4.51. The summed E-state index contributed by atoms with van der Waals surface area (Å²) >= 11 is 0. The van der Waals surface area contributed by atoms with Gasteiger partial charge in [0, 0.05) is 30.6 Å². The van der Waals surface area contributed by atoms with Crippen molar-refractivity contribution < 1.29 is 4.74 Å². The highest BCUT2D eigenvalue weighted by atomic mass is 16.5. The molecule has 0 amide bonds. The Labute approximate surface area is 217 Å². The van der Waals surface area contributed by atoms with Crippen LogP contribution in [0.5, 0.6) is 0 Å². The molecule has 0 radical (unpaired) electrons. The van der Waals surface area contributed by atoms with Crippen molar-refractivity contribution in [1.29, 1.82) is 0 Å². The number of fused-ring (bicyclic) bond motifs is 1. The summed E-state index contributed by atoms with van der Waals surface area (Å²) in [7, 11) is 0. The fraction of sp³-hybridized carbons (Fsp3) is 0.448. The lowest BCUT2D eigenvalue weighted by molar-refractivity contribution is 0.0893. The van der Waals surface area contributed by atoms with Gasteiger partial charge in [-0.1, -0.05) is 49.4 Å². The van der Waals surface area contributed by atoms with Crippen molar-refractivity contribution in [3.05, 3.63) is 87.0 Å². The summed E-state index contributed by atoms with van der Waals surface area (Å²) in [6.07, 6.45) is 3.94. The van der Waals surface area contributed by atoms with Gasteiger partial charge >= 0.3 is 0 Å². The van der Waals surface area contributed by atoms with E-state index in [1.807, 2.05) is 17.7 Å². The molecule has 37 heavy (non-hydrogen) atoms. The van der Waals surface area contributed by atoms with E-state index in [4.69, 9.17) is 4.74 Å². The fourth-order valence-electron chi connectivity index (χ4n) is 5.38. The Morgan fingerprint density at radius 2 is 1.97 bits per heavy atom. The van der Waals surface area contributed by atoms with Crippen molar-refractivity contribution in [2.24, 2.45) is 0 Å². The molecule has 4 aromatic rings. The molecule has 5 rings (SSSR count). The first-order chi connectivity index (χ1) is 18.0. The first kappa shape index (κ1) is 25.3. The molecule has 1 saturated heterocycles. The molecule has 0 spiro atoms. The lowest BCUT2D eigenvalue weighted by Crippen LogP contribution is -2.34. The van der Waals surface area contributed by atoms with Crippen molar-refractivity contribution in [1.82, 2.24) is 30.1 Å². The van der Waals surface area contributed by atoms with E-state index in [1.54, 1.807) is 0 Å². The molecule has 0 bridgehead atoms. The predicted molar refractivity (Wildman–Crippen MR) is 144 cm³/mol. The van der Waals surface area contributed by atoms with Crippen LogP contribution in [0.4, 0.5) is 0 Å². The molecule has 3 heterocycles. The van der Waals surface area contributed by atoms with Gasteiger partial charge in [-0.05, 0) is 72.7 Å². The van der Waals surface area contributed by atoms with Crippen LogP contribution in [0, 0.1) is 13.8 Å². The van der Waals surface area contributed by atoms with Gasteiger partial charge in [-0.15, -0.1) is 5.10 Å². The van der Waals surface area contributed by atoms with E-state index in [1.165, 1.54) is 5.56 Å². The van der Waals surface area contributed by atoms with Gasteiger partial charge in [-0.2, -0.15) is 0 Å². The first-order valence-corrected chi connectivity index (χ1v) is 13.3. The van der Waals surface area contributed by atoms with E-state index < -0.39 is 0 Å². The number of benzene rings is 2. The van der Waals surface area contributed by atoms with E-state index in [0.717, 1.165) is 72.3 Å². The maximum absolute atomic E-state index is 13.3. The van der Waals surface area contributed by atoms with Crippen molar-refractivity contribution in [2.75, 3.05) is 13.2 Å². The van der Waals surface area contributed by atoms with Gasteiger partial charge in [0.2, 0.25) is 0 Å². The molecule has 1 aliphatic heterocycles. The summed E-state index contributed by atoms with van der Waals surface area (Å²) in [5, 5.41) is 13.9. The average Bonchev–Trinajstić information content (AvgIpc) is 3.59. The number of pyridine rings is 1. The second-order valence-corrected chi connectivity index (χ2v) is 10.1. The SMILES string of the molecule is CC[C@@H](c1nnnn1C[C@@H]1CCCO1)N(CCc1ccccc1)Cc1cc2c(C)ccc(C)c2[nH]c1=O. The monoisotopic (exact) mass is 500 g/mol. The van der Waals surface area contributed by atoms with Crippen LogP contribution >= 0.6 is 0 Å². The highest BCUT2D eigenvalue weighted by Crippen LogP contribution is 2.27. The third-order valence-corrected chi connectivity index (χ3v) is 7.51. The van der Waals surface area contributed by atoms with Crippen LogP contribution in [0.25, 0.3) is 10.9 Å². The highest BCUT2D eigenvalue weighted by molar-refractivity contribution is 5.85. The summed E-state index contributed by atoms with van der Waals surface area (Å²) in [5.41, 5.74) is 5.12. The number of rotatable bonds is 10. The van der Waals surface area contributed by atoms with Crippen LogP contribution in [0.15, 0.2) is 53.3 Å². The molecule has 1 aliphatic rings. The Hall–Kier alpha value is -3.36. The topological polar surface area (TPSA) is 88.9 Å². The lowest BCUT2D eigenvalue weighted by Gasteiger charge is -2.30. The molecule has 1 N–H and O–H groups in total. The van der Waals surface area contributed by atoms with Crippen LogP contribution in [0.1, 0.15) is 60.3 Å². The minimum Gasteiger partial charge on any atom is -0.376 e. The van der Waals surface area contributed by atoms with Gasteiger partial charge < -0.3 is 9.72 Å². The molecule has 0 aliphatic carbocycles. The molecular formula is C29H36N6O2. The average molecular weight is 501 g/mol. The van der Waals surface area contributed by atoms with E-state index >= 15 is 0 Å². The molecule has 8 nitrogen and oxygen atoms in total. The van der Waals surface area contributed by atoms with Crippen LogP contribution in [0.3, 0.4) is 0 Å². The Morgan fingerprint density at radius 1 is 1.16 bits per heavy atom. The summed E-state index contributed by atoms with van der Waals surface area (Å²) in [5.74, 6) is 0.829. The van der Waals surface area contributed by atoms with Crippen molar-refractivity contribution in [3.8, 4) is 0 Å². The fourth-order valence-corrected chi connectivity index (χ4v) is 5.38. The Morgan fingerprint density at radius 3 is 2.73 bits per heavy atom. The Bertz CT molecular complexity index is 1390. The number of ether oxygens (including phenoxy) is 1. The van der Waals surface area contributed by atoms with Crippen molar-refractivity contribution in [2.45, 2.75) is 71.7 Å². The molecule has 1 fully saturated rings.